The van der Waals surface area contributed by atoms with Crippen molar-refractivity contribution in [2.24, 2.45) is 0 Å². The minimum atomic E-state index is -1.31. The van der Waals surface area contributed by atoms with Gasteiger partial charge in [-0.25, -0.2) is 0 Å². The molecule has 0 saturated carbocycles. The van der Waals surface area contributed by atoms with Crippen molar-refractivity contribution in [2.75, 3.05) is 6.61 Å². The van der Waals surface area contributed by atoms with Crippen LogP contribution >= 0.6 is 0 Å². The van der Waals surface area contributed by atoms with E-state index >= 15 is 0 Å². The molecular weight excluding hydrogens is 252 g/mol. The van der Waals surface area contributed by atoms with Crippen molar-refractivity contribution in [3.63, 3.8) is 0 Å². The first kappa shape index (κ1) is 14.0. The second-order valence-corrected chi connectivity index (χ2v) is 4.59. The van der Waals surface area contributed by atoms with E-state index < -0.39 is 24.4 Å². The van der Waals surface area contributed by atoms with Gasteiger partial charge in [-0.2, -0.15) is 0 Å². The Bertz CT molecular complexity index is 443. The van der Waals surface area contributed by atoms with E-state index in [1.807, 2.05) is 0 Å². The summed E-state index contributed by atoms with van der Waals surface area (Å²) in [5, 5.41) is 37.7. The van der Waals surface area contributed by atoms with Crippen LogP contribution in [0.4, 0.5) is 0 Å². The average molecular weight is 268 g/mol. The lowest BCUT2D eigenvalue weighted by Gasteiger charge is -2.34. The first-order valence-corrected chi connectivity index (χ1v) is 5.97. The van der Waals surface area contributed by atoms with Gasteiger partial charge in [0.15, 0.2) is 5.78 Å². The zero-order valence-electron chi connectivity index (χ0n) is 10.1. The van der Waals surface area contributed by atoms with Crippen molar-refractivity contribution in [1.29, 1.82) is 0 Å². The summed E-state index contributed by atoms with van der Waals surface area (Å²) in [6.45, 7) is -0.119. The Hall–Kier alpha value is -1.47. The Morgan fingerprint density at radius 2 is 1.79 bits per heavy atom. The van der Waals surface area contributed by atoms with Gasteiger partial charge in [0.2, 0.25) is 0 Å². The topological polar surface area (TPSA) is 107 Å². The van der Waals surface area contributed by atoms with Crippen LogP contribution in [0.1, 0.15) is 16.8 Å². The summed E-state index contributed by atoms with van der Waals surface area (Å²) in [5.41, 5.74) is 0.384. The van der Waals surface area contributed by atoms with E-state index in [-0.39, 0.29) is 24.6 Å². The number of phenolic OH excluding ortho intramolecular Hbond substituents is 1. The van der Waals surface area contributed by atoms with Gasteiger partial charge in [-0.3, -0.25) is 4.79 Å². The van der Waals surface area contributed by atoms with E-state index in [2.05, 4.69) is 0 Å². The maximum atomic E-state index is 11.9. The van der Waals surface area contributed by atoms with Crippen LogP contribution in [0.5, 0.6) is 5.75 Å². The molecular formula is C13H16O6. The Morgan fingerprint density at radius 1 is 1.16 bits per heavy atom. The largest absolute Gasteiger partial charge is 0.508 e. The number of phenols is 1. The second kappa shape index (κ2) is 5.66. The maximum absolute atomic E-state index is 11.9. The molecule has 6 nitrogen and oxygen atoms in total. The molecule has 1 aromatic rings. The molecule has 1 aliphatic heterocycles. The highest BCUT2D eigenvalue weighted by Gasteiger charge is 2.38. The third-order valence-electron chi connectivity index (χ3n) is 3.18. The minimum Gasteiger partial charge on any atom is -0.508 e. The summed E-state index contributed by atoms with van der Waals surface area (Å²) in [5.74, 6) is -0.211. The molecule has 2 rings (SSSR count). The van der Waals surface area contributed by atoms with Crippen LogP contribution in [0.25, 0.3) is 0 Å². The van der Waals surface area contributed by atoms with Crippen molar-refractivity contribution in [1.82, 2.24) is 0 Å². The number of carbonyl (C=O) groups is 1. The Balaban J connectivity index is 2.01. The van der Waals surface area contributed by atoms with Gasteiger partial charge in [-0.15, -0.1) is 0 Å². The second-order valence-electron chi connectivity index (χ2n) is 4.59. The molecule has 4 N–H and O–H groups in total. The molecule has 0 aliphatic carbocycles. The summed E-state index contributed by atoms with van der Waals surface area (Å²) >= 11 is 0. The Morgan fingerprint density at radius 3 is 2.42 bits per heavy atom. The first-order valence-electron chi connectivity index (χ1n) is 5.97. The third-order valence-corrected chi connectivity index (χ3v) is 3.18. The number of hydrogen-bond donors (Lipinski definition) is 4. The van der Waals surface area contributed by atoms with Crippen LogP contribution in [-0.2, 0) is 4.74 Å². The minimum absolute atomic E-state index is 0.0593. The first-order chi connectivity index (χ1) is 8.99. The molecule has 1 saturated heterocycles. The highest BCUT2D eigenvalue weighted by atomic mass is 16.5. The number of carbonyl (C=O) groups excluding carboxylic acids is 1. The maximum Gasteiger partial charge on any atom is 0.165 e. The van der Waals surface area contributed by atoms with Crippen LogP contribution in [0, 0.1) is 0 Å². The number of aliphatic hydroxyl groups is 3. The van der Waals surface area contributed by atoms with Crippen molar-refractivity contribution >= 4 is 5.78 Å². The van der Waals surface area contributed by atoms with Crippen LogP contribution in [-0.4, -0.2) is 57.2 Å². The molecule has 1 aromatic carbocycles. The number of benzene rings is 1. The average Bonchev–Trinajstić information content (AvgIpc) is 2.40. The molecule has 0 unspecified atom stereocenters. The number of ether oxygens (including phenoxy) is 1. The number of aromatic hydroxyl groups is 1. The highest BCUT2D eigenvalue weighted by molar-refractivity contribution is 5.96. The van der Waals surface area contributed by atoms with Crippen LogP contribution < -0.4 is 0 Å². The predicted molar refractivity (Wildman–Crippen MR) is 64.8 cm³/mol. The summed E-state index contributed by atoms with van der Waals surface area (Å²) in [7, 11) is 0. The normalized spacial score (nSPS) is 31.1. The molecule has 0 spiro atoms. The van der Waals surface area contributed by atoms with E-state index in [9.17, 15) is 20.1 Å². The molecule has 19 heavy (non-hydrogen) atoms. The number of Topliss-reactive ketones (excluding diaryl/α,β-unsaturated/α-hetero) is 1. The Kier molecular flexibility index (Phi) is 4.16. The summed E-state index contributed by atoms with van der Waals surface area (Å²) < 4.78 is 5.16. The van der Waals surface area contributed by atoms with Gasteiger partial charge in [0.05, 0.1) is 12.7 Å². The SMILES string of the molecule is O=C(C[C@@H]1OC[C@@H](O)[C@H](O)[C@H]1O)c1ccc(O)cc1. The zero-order valence-corrected chi connectivity index (χ0v) is 10.1. The van der Waals surface area contributed by atoms with E-state index in [0.717, 1.165) is 0 Å². The van der Waals surface area contributed by atoms with E-state index in [1.165, 1.54) is 24.3 Å². The van der Waals surface area contributed by atoms with Gasteiger partial charge in [0.1, 0.15) is 24.1 Å². The fourth-order valence-corrected chi connectivity index (χ4v) is 1.99. The standard InChI is InChI=1S/C13H16O6/c14-8-3-1-7(2-4-8)9(15)5-11-13(18)12(17)10(16)6-19-11/h1-4,10-14,16-18H,5-6H2/t10-,11+,12+,13+/m1/s1. The number of ketones is 1. The molecule has 0 aromatic heterocycles. The van der Waals surface area contributed by atoms with Crippen molar-refractivity contribution in [3.8, 4) is 5.75 Å². The lowest BCUT2D eigenvalue weighted by Crippen LogP contribution is -2.53. The molecule has 1 heterocycles. The monoisotopic (exact) mass is 268 g/mol. The molecule has 1 aliphatic rings. The Labute approximate surface area is 109 Å². The molecule has 4 atom stereocenters. The van der Waals surface area contributed by atoms with Crippen molar-refractivity contribution < 1.29 is 30.0 Å². The van der Waals surface area contributed by atoms with Gasteiger partial charge in [-0.05, 0) is 24.3 Å². The summed E-state index contributed by atoms with van der Waals surface area (Å²) in [4.78, 5) is 11.9. The van der Waals surface area contributed by atoms with Crippen molar-refractivity contribution in [3.05, 3.63) is 29.8 Å². The fourth-order valence-electron chi connectivity index (χ4n) is 1.99. The van der Waals surface area contributed by atoms with Crippen LogP contribution in [0.15, 0.2) is 24.3 Å². The molecule has 0 radical (unpaired) electrons. The lowest BCUT2D eigenvalue weighted by molar-refractivity contribution is -0.185. The highest BCUT2D eigenvalue weighted by Crippen LogP contribution is 2.20. The van der Waals surface area contributed by atoms with E-state index in [4.69, 9.17) is 9.84 Å². The van der Waals surface area contributed by atoms with Crippen molar-refractivity contribution in [2.45, 2.75) is 30.8 Å². The molecule has 0 amide bonds. The lowest BCUT2D eigenvalue weighted by atomic mass is 9.94. The van der Waals surface area contributed by atoms with Gasteiger partial charge in [0.25, 0.3) is 0 Å². The number of aliphatic hydroxyl groups excluding tert-OH is 3. The smallest absolute Gasteiger partial charge is 0.165 e. The van der Waals surface area contributed by atoms with Gasteiger partial charge in [0, 0.05) is 12.0 Å². The van der Waals surface area contributed by atoms with Crippen LogP contribution in [0.3, 0.4) is 0 Å². The van der Waals surface area contributed by atoms with Gasteiger partial charge < -0.3 is 25.2 Å². The van der Waals surface area contributed by atoms with E-state index in [1.54, 1.807) is 0 Å². The molecule has 104 valence electrons. The predicted octanol–water partition coefficient (Wildman–Crippen LogP) is -0.554. The quantitative estimate of drug-likeness (QED) is 0.548. The van der Waals surface area contributed by atoms with Crippen LogP contribution in [0.2, 0.25) is 0 Å². The zero-order chi connectivity index (χ0) is 14.0. The molecule has 0 bridgehead atoms. The molecule has 6 heteroatoms. The van der Waals surface area contributed by atoms with Gasteiger partial charge >= 0.3 is 0 Å². The fraction of sp³-hybridized carbons (Fsp3) is 0.462. The number of hydrogen-bond acceptors (Lipinski definition) is 6. The number of rotatable bonds is 3. The third kappa shape index (κ3) is 3.10. The summed E-state index contributed by atoms with van der Waals surface area (Å²) in [6.07, 6.45) is -4.71. The van der Waals surface area contributed by atoms with Gasteiger partial charge in [-0.1, -0.05) is 0 Å². The van der Waals surface area contributed by atoms with E-state index in [0.29, 0.717) is 5.56 Å². The molecule has 1 fully saturated rings. The summed E-state index contributed by atoms with van der Waals surface area (Å²) in [6, 6.07) is 5.73.